The molecule has 0 aliphatic heterocycles. The molecule has 1 fully saturated rings. The normalized spacial score (nSPS) is 18.3. The smallest absolute Gasteiger partial charge is 0.110 e. The SMILES string of the molecule is CCCn1ccnc1CC(NCC)C1CCCC1. The van der Waals surface area contributed by atoms with Gasteiger partial charge in [-0.1, -0.05) is 26.7 Å². The molecule has 0 radical (unpaired) electrons. The maximum atomic E-state index is 4.55. The summed E-state index contributed by atoms with van der Waals surface area (Å²) in [5, 5.41) is 3.68. The van der Waals surface area contributed by atoms with Crippen molar-refractivity contribution in [3.05, 3.63) is 18.2 Å². The molecular weight excluding hydrogens is 222 g/mol. The van der Waals surface area contributed by atoms with Crippen LogP contribution in [0.2, 0.25) is 0 Å². The van der Waals surface area contributed by atoms with Gasteiger partial charge in [0.1, 0.15) is 5.82 Å². The van der Waals surface area contributed by atoms with E-state index in [1.807, 2.05) is 6.20 Å². The zero-order valence-corrected chi connectivity index (χ0v) is 11.9. The van der Waals surface area contributed by atoms with Crippen LogP contribution in [0.25, 0.3) is 0 Å². The van der Waals surface area contributed by atoms with E-state index in [0.717, 1.165) is 25.4 Å². The molecule has 3 nitrogen and oxygen atoms in total. The second-order valence-electron chi connectivity index (χ2n) is 5.45. The highest BCUT2D eigenvalue weighted by molar-refractivity contribution is 4.97. The molecule has 1 unspecified atom stereocenters. The lowest BCUT2D eigenvalue weighted by Gasteiger charge is -2.24. The lowest BCUT2D eigenvalue weighted by molar-refractivity contribution is 0.353. The maximum Gasteiger partial charge on any atom is 0.110 e. The Bertz CT molecular complexity index is 339. The van der Waals surface area contributed by atoms with Crippen molar-refractivity contribution >= 4 is 0 Å². The molecule has 1 N–H and O–H groups in total. The minimum absolute atomic E-state index is 0.621. The first-order chi connectivity index (χ1) is 8.85. The first kappa shape index (κ1) is 13.6. The summed E-state index contributed by atoms with van der Waals surface area (Å²) in [4.78, 5) is 4.55. The zero-order valence-electron chi connectivity index (χ0n) is 11.9. The largest absolute Gasteiger partial charge is 0.335 e. The molecule has 18 heavy (non-hydrogen) atoms. The minimum atomic E-state index is 0.621. The molecule has 1 heterocycles. The third kappa shape index (κ3) is 3.35. The zero-order chi connectivity index (χ0) is 12.8. The van der Waals surface area contributed by atoms with E-state index in [4.69, 9.17) is 0 Å². The quantitative estimate of drug-likeness (QED) is 0.805. The monoisotopic (exact) mass is 249 g/mol. The molecular formula is C15H27N3. The Morgan fingerprint density at radius 1 is 1.39 bits per heavy atom. The standard InChI is InChI=1S/C15H27N3/c1-3-10-18-11-9-17-15(18)12-14(16-4-2)13-7-5-6-8-13/h9,11,13-14,16H,3-8,10,12H2,1-2H3. The van der Waals surface area contributed by atoms with E-state index in [2.05, 4.69) is 34.9 Å². The number of aromatic nitrogens is 2. The van der Waals surface area contributed by atoms with Crippen LogP contribution in [-0.4, -0.2) is 22.1 Å². The van der Waals surface area contributed by atoms with Crippen LogP contribution in [0.3, 0.4) is 0 Å². The highest BCUT2D eigenvalue weighted by Crippen LogP contribution is 2.29. The van der Waals surface area contributed by atoms with Gasteiger partial charge >= 0.3 is 0 Å². The number of imidazole rings is 1. The minimum Gasteiger partial charge on any atom is -0.335 e. The van der Waals surface area contributed by atoms with Gasteiger partial charge in [-0.05, 0) is 31.7 Å². The van der Waals surface area contributed by atoms with E-state index in [9.17, 15) is 0 Å². The predicted octanol–water partition coefficient (Wildman–Crippen LogP) is 3.00. The van der Waals surface area contributed by atoms with Crippen molar-refractivity contribution in [2.75, 3.05) is 6.54 Å². The van der Waals surface area contributed by atoms with Crippen LogP contribution in [0, 0.1) is 5.92 Å². The molecule has 1 aromatic rings. The van der Waals surface area contributed by atoms with Crippen molar-refractivity contribution in [3.63, 3.8) is 0 Å². The molecule has 3 heteroatoms. The van der Waals surface area contributed by atoms with Gasteiger partial charge in [0, 0.05) is 31.4 Å². The molecule has 102 valence electrons. The van der Waals surface area contributed by atoms with Gasteiger partial charge in [-0.25, -0.2) is 4.98 Å². The number of nitrogens with one attached hydrogen (secondary N) is 1. The Hall–Kier alpha value is -0.830. The molecule has 0 bridgehead atoms. The summed E-state index contributed by atoms with van der Waals surface area (Å²) in [7, 11) is 0. The summed E-state index contributed by atoms with van der Waals surface area (Å²) in [5.41, 5.74) is 0. The third-order valence-electron chi connectivity index (χ3n) is 4.10. The van der Waals surface area contributed by atoms with E-state index in [-0.39, 0.29) is 0 Å². The van der Waals surface area contributed by atoms with Crippen molar-refractivity contribution < 1.29 is 0 Å². The molecule has 0 amide bonds. The van der Waals surface area contributed by atoms with Crippen LogP contribution >= 0.6 is 0 Å². The van der Waals surface area contributed by atoms with E-state index in [1.54, 1.807) is 0 Å². The van der Waals surface area contributed by atoms with Crippen LogP contribution in [0.15, 0.2) is 12.4 Å². The summed E-state index contributed by atoms with van der Waals surface area (Å²) in [6.07, 6.45) is 12.0. The summed E-state index contributed by atoms with van der Waals surface area (Å²) < 4.78 is 2.32. The molecule has 1 saturated carbocycles. The van der Waals surface area contributed by atoms with E-state index < -0.39 is 0 Å². The predicted molar refractivity (Wildman–Crippen MR) is 75.6 cm³/mol. The van der Waals surface area contributed by atoms with Crippen molar-refractivity contribution in [3.8, 4) is 0 Å². The summed E-state index contributed by atoms with van der Waals surface area (Å²) in [6, 6.07) is 0.621. The average Bonchev–Trinajstić information content (AvgIpc) is 3.01. The summed E-state index contributed by atoms with van der Waals surface area (Å²) >= 11 is 0. The van der Waals surface area contributed by atoms with E-state index >= 15 is 0 Å². The lowest BCUT2D eigenvalue weighted by atomic mass is 9.95. The topological polar surface area (TPSA) is 29.9 Å². The fourth-order valence-corrected chi connectivity index (χ4v) is 3.20. The average molecular weight is 249 g/mol. The van der Waals surface area contributed by atoms with Gasteiger partial charge in [0.05, 0.1) is 0 Å². The Balaban J connectivity index is 2.00. The van der Waals surface area contributed by atoms with Crippen molar-refractivity contribution in [1.82, 2.24) is 14.9 Å². The number of rotatable bonds is 7. The Morgan fingerprint density at radius 3 is 2.83 bits per heavy atom. The van der Waals surface area contributed by atoms with Crippen LogP contribution in [0.1, 0.15) is 51.8 Å². The van der Waals surface area contributed by atoms with E-state index in [0.29, 0.717) is 6.04 Å². The fraction of sp³-hybridized carbons (Fsp3) is 0.800. The van der Waals surface area contributed by atoms with Gasteiger partial charge < -0.3 is 9.88 Å². The maximum absolute atomic E-state index is 4.55. The van der Waals surface area contributed by atoms with Gasteiger partial charge in [0.15, 0.2) is 0 Å². The molecule has 0 spiro atoms. The number of likely N-dealkylation sites (N-methyl/N-ethyl adjacent to an activating group) is 1. The molecule has 0 saturated heterocycles. The van der Waals surface area contributed by atoms with Gasteiger partial charge in [0.25, 0.3) is 0 Å². The molecule has 1 aliphatic rings. The van der Waals surface area contributed by atoms with Crippen molar-refractivity contribution in [1.29, 1.82) is 0 Å². The molecule has 1 atom stereocenters. The fourth-order valence-electron chi connectivity index (χ4n) is 3.20. The summed E-state index contributed by atoms with van der Waals surface area (Å²) in [6.45, 7) is 6.59. The second kappa shape index (κ2) is 6.93. The van der Waals surface area contributed by atoms with Gasteiger partial charge in [-0.3, -0.25) is 0 Å². The molecule has 1 aromatic heterocycles. The van der Waals surface area contributed by atoms with Crippen LogP contribution in [0.5, 0.6) is 0 Å². The number of nitrogens with zero attached hydrogens (tertiary/aromatic N) is 2. The lowest BCUT2D eigenvalue weighted by Crippen LogP contribution is -2.37. The first-order valence-corrected chi connectivity index (χ1v) is 7.58. The second-order valence-corrected chi connectivity index (χ2v) is 5.45. The van der Waals surface area contributed by atoms with E-state index in [1.165, 1.54) is 37.9 Å². The number of hydrogen-bond donors (Lipinski definition) is 1. The molecule has 0 aromatic carbocycles. The van der Waals surface area contributed by atoms with Gasteiger partial charge in [-0.2, -0.15) is 0 Å². The van der Waals surface area contributed by atoms with Crippen molar-refractivity contribution in [2.45, 2.75) is 65.0 Å². The Kier molecular flexibility index (Phi) is 5.24. The van der Waals surface area contributed by atoms with Crippen LogP contribution in [0.4, 0.5) is 0 Å². The number of aryl methyl sites for hydroxylation is 1. The van der Waals surface area contributed by atoms with Gasteiger partial charge in [0.2, 0.25) is 0 Å². The number of hydrogen-bond acceptors (Lipinski definition) is 2. The molecule has 2 rings (SSSR count). The Labute approximate surface area is 111 Å². The summed E-state index contributed by atoms with van der Waals surface area (Å²) in [5.74, 6) is 2.12. The first-order valence-electron chi connectivity index (χ1n) is 7.58. The Morgan fingerprint density at radius 2 is 2.17 bits per heavy atom. The van der Waals surface area contributed by atoms with Crippen LogP contribution in [-0.2, 0) is 13.0 Å². The van der Waals surface area contributed by atoms with Crippen molar-refractivity contribution in [2.24, 2.45) is 5.92 Å². The van der Waals surface area contributed by atoms with Crippen LogP contribution < -0.4 is 5.32 Å². The third-order valence-corrected chi connectivity index (χ3v) is 4.10. The highest BCUT2D eigenvalue weighted by atomic mass is 15.1. The van der Waals surface area contributed by atoms with Gasteiger partial charge in [-0.15, -0.1) is 0 Å². The highest BCUT2D eigenvalue weighted by Gasteiger charge is 2.25. The molecule has 1 aliphatic carbocycles.